The molecule has 1 aromatic heterocycles. The van der Waals surface area contributed by atoms with Crippen LogP contribution in [0.25, 0.3) is 0 Å². The average Bonchev–Trinajstić information content (AvgIpc) is 2.56. The minimum Gasteiger partial charge on any atom is -0.329 e. The number of rotatable bonds is 5. The van der Waals surface area contributed by atoms with Gasteiger partial charge in [-0.25, -0.2) is 9.97 Å². The number of anilines is 2. The average molecular weight is 307 g/mol. The van der Waals surface area contributed by atoms with Crippen LogP contribution in [0.2, 0.25) is 0 Å². The highest BCUT2D eigenvalue weighted by atomic mass is 16.1. The first-order chi connectivity index (χ1) is 11.1. The Bertz CT molecular complexity index is 794. The molecule has 7 nitrogen and oxygen atoms in total. The molecule has 1 amide bonds. The molecule has 0 saturated carbocycles. The molecule has 0 aliphatic rings. The Hall–Kier alpha value is -3.53. The molecular formula is C16H13N5O2. The van der Waals surface area contributed by atoms with E-state index in [2.05, 4.69) is 20.6 Å². The summed E-state index contributed by atoms with van der Waals surface area (Å²) in [6, 6.07) is 9.92. The number of hydrogen-bond donors (Lipinski definition) is 2. The van der Waals surface area contributed by atoms with Gasteiger partial charge in [-0.3, -0.25) is 9.59 Å². The third kappa shape index (κ3) is 4.47. The zero-order chi connectivity index (χ0) is 16.7. The molecule has 0 aliphatic carbocycles. The summed E-state index contributed by atoms with van der Waals surface area (Å²) < 4.78 is 0. The van der Waals surface area contributed by atoms with Crippen LogP contribution in [-0.4, -0.2) is 21.7 Å². The van der Waals surface area contributed by atoms with Crippen LogP contribution in [0.15, 0.2) is 54.5 Å². The molecule has 23 heavy (non-hydrogen) atoms. The van der Waals surface area contributed by atoms with Gasteiger partial charge in [-0.15, -0.1) is 0 Å². The SMILES string of the molecule is CC(=O)c1cccc(NC(=O)/C(C#N)=C\Nc2ncccn2)c1. The van der Waals surface area contributed by atoms with Crippen molar-refractivity contribution in [3.8, 4) is 6.07 Å². The fraction of sp³-hybridized carbons (Fsp3) is 0.0625. The zero-order valence-corrected chi connectivity index (χ0v) is 12.3. The fourth-order valence-corrected chi connectivity index (χ4v) is 1.67. The van der Waals surface area contributed by atoms with Crippen LogP contribution in [0.1, 0.15) is 17.3 Å². The minimum atomic E-state index is -0.600. The Kier molecular flexibility index (Phi) is 5.15. The van der Waals surface area contributed by atoms with Crippen LogP contribution in [-0.2, 0) is 4.79 Å². The number of amides is 1. The molecule has 0 fully saturated rings. The number of carbonyl (C=O) groups is 2. The largest absolute Gasteiger partial charge is 0.329 e. The van der Waals surface area contributed by atoms with E-state index in [1.54, 1.807) is 36.4 Å². The number of Topliss-reactive ketones (excluding diaryl/α,β-unsaturated/α-hetero) is 1. The number of nitriles is 1. The van der Waals surface area contributed by atoms with Crippen molar-refractivity contribution in [2.45, 2.75) is 6.92 Å². The van der Waals surface area contributed by atoms with Gasteiger partial charge in [-0.05, 0) is 25.1 Å². The van der Waals surface area contributed by atoms with Gasteiger partial charge < -0.3 is 10.6 Å². The molecule has 2 rings (SSSR count). The molecule has 0 bridgehead atoms. The first-order valence-corrected chi connectivity index (χ1v) is 6.66. The maximum atomic E-state index is 12.1. The fourth-order valence-electron chi connectivity index (χ4n) is 1.67. The predicted octanol–water partition coefficient (Wildman–Crippen LogP) is 2.14. The second-order valence-corrected chi connectivity index (χ2v) is 4.48. The second kappa shape index (κ2) is 7.47. The molecule has 1 aromatic carbocycles. The summed E-state index contributed by atoms with van der Waals surface area (Å²) >= 11 is 0. The molecule has 0 unspecified atom stereocenters. The Morgan fingerprint density at radius 2 is 1.96 bits per heavy atom. The van der Waals surface area contributed by atoms with Crippen molar-refractivity contribution in [1.82, 2.24) is 9.97 Å². The van der Waals surface area contributed by atoms with E-state index in [-0.39, 0.29) is 17.3 Å². The smallest absolute Gasteiger partial charge is 0.267 e. The molecule has 1 heterocycles. The lowest BCUT2D eigenvalue weighted by molar-refractivity contribution is -0.112. The van der Waals surface area contributed by atoms with Gasteiger partial charge in [-0.1, -0.05) is 12.1 Å². The van der Waals surface area contributed by atoms with Crippen molar-refractivity contribution in [2.24, 2.45) is 0 Å². The van der Waals surface area contributed by atoms with Crippen LogP contribution in [0.4, 0.5) is 11.6 Å². The maximum absolute atomic E-state index is 12.1. The topological polar surface area (TPSA) is 108 Å². The number of carbonyl (C=O) groups excluding carboxylic acids is 2. The van der Waals surface area contributed by atoms with Gasteiger partial charge in [0.05, 0.1) is 0 Å². The molecule has 114 valence electrons. The Morgan fingerprint density at radius 1 is 1.22 bits per heavy atom. The highest BCUT2D eigenvalue weighted by molar-refractivity contribution is 6.07. The standard InChI is InChI=1S/C16H13N5O2/c1-11(22)12-4-2-5-14(8-12)21-15(23)13(9-17)10-20-16-18-6-3-7-19-16/h2-8,10H,1H3,(H,21,23)(H,18,19,20)/b13-10-. The molecule has 0 radical (unpaired) electrons. The Labute approximate surface area is 132 Å². The molecule has 2 aromatic rings. The summed E-state index contributed by atoms with van der Waals surface area (Å²) in [7, 11) is 0. The summed E-state index contributed by atoms with van der Waals surface area (Å²) in [5, 5.41) is 14.3. The van der Waals surface area contributed by atoms with Crippen molar-refractivity contribution in [1.29, 1.82) is 5.26 Å². The zero-order valence-electron chi connectivity index (χ0n) is 12.3. The van der Waals surface area contributed by atoms with E-state index >= 15 is 0 Å². The Morgan fingerprint density at radius 3 is 2.61 bits per heavy atom. The molecule has 0 atom stereocenters. The summed E-state index contributed by atoms with van der Waals surface area (Å²) in [5.74, 6) is -0.441. The van der Waals surface area contributed by atoms with Crippen LogP contribution >= 0.6 is 0 Å². The van der Waals surface area contributed by atoms with Gasteiger partial charge in [0.1, 0.15) is 11.6 Å². The van der Waals surface area contributed by atoms with Crippen molar-refractivity contribution >= 4 is 23.3 Å². The maximum Gasteiger partial charge on any atom is 0.267 e. The van der Waals surface area contributed by atoms with Gasteiger partial charge in [0, 0.05) is 29.8 Å². The van der Waals surface area contributed by atoms with Crippen LogP contribution in [0.3, 0.4) is 0 Å². The number of benzene rings is 1. The van der Waals surface area contributed by atoms with E-state index in [0.717, 1.165) is 0 Å². The molecule has 0 aliphatic heterocycles. The normalized spacial score (nSPS) is 10.5. The summed E-state index contributed by atoms with van der Waals surface area (Å²) in [4.78, 5) is 31.2. The van der Waals surface area contributed by atoms with E-state index in [1.165, 1.54) is 25.5 Å². The lowest BCUT2D eigenvalue weighted by Crippen LogP contribution is -2.15. The molecule has 2 N–H and O–H groups in total. The minimum absolute atomic E-state index is 0.111. The van der Waals surface area contributed by atoms with Crippen molar-refractivity contribution in [3.63, 3.8) is 0 Å². The number of ketones is 1. The third-order valence-electron chi connectivity index (χ3n) is 2.80. The van der Waals surface area contributed by atoms with Crippen LogP contribution < -0.4 is 10.6 Å². The number of nitrogens with zero attached hydrogens (tertiary/aromatic N) is 3. The van der Waals surface area contributed by atoms with Gasteiger partial charge in [0.15, 0.2) is 5.78 Å². The lowest BCUT2D eigenvalue weighted by atomic mass is 10.1. The Balaban J connectivity index is 2.10. The summed E-state index contributed by atoms with van der Waals surface area (Å²) in [5.41, 5.74) is 0.756. The summed E-state index contributed by atoms with van der Waals surface area (Å²) in [6.07, 6.45) is 4.28. The van der Waals surface area contributed by atoms with E-state index in [9.17, 15) is 9.59 Å². The van der Waals surface area contributed by atoms with Gasteiger partial charge in [0.25, 0.3) is 5.91 Å². The van der Waals surface area contributed by atoms with E-state index in [0.29, 0.717) is 11.3 Å². The van der Waals surface area contributed by atoms with E-state index in [1.807, 2.05) is 0 Å². The highest BCUT2D eigenvalue weighted by Crippen LogP contribution is 2.12. The van der Waals surface area contributed by atoms with E-state index < -0.39 is 5.91 Å². The highest BCUT2D eigenvalue weighted by Gasteiger charge is 2.10. The monoisotopic (exact) mass is 307 g/mol. The van der Waals surface area contributed by atoms with Crippen LogP contribution in [0.5, 0.6) is 0 Å². The molecule has 7 heteroatoms. The second-order valence-electron chi connectivity index (χ2n) is 4.48. The van der Waals surface area contributed by atoms with Crippen LogP contribution in [0, 0.1) is 11.3 Å². The molecule has 0 saturated heterocycles. The number of aromatic nitrogens is 2. The molecular weight excluding hydrogens is 294 g/mol. The van der Waals surface area contributed by atoms with Gasteiger partial charge in [-0.2, -0.15) is 5.26 Å². The predicted molar refractivity (Wildman–Crippen MR) is 84.4 cm³/mol. The number of nitrogens with one attached hydrogen (secondary N) is 2. The lowest BCUT2D eigenvalue weighted by Gasteiger charge is -2.06. The van der Waals surface area contributed by atoms with Crippen molar-refractivity contribution < 1.29 is 9.59 Å². The van der Waals surface area contributed by atoms with Crippen molar-refractivity contribution in [3.05, 3.63) is 60.1 Å². The van der Waals surface area contributed by atoms with Gasteiger partial charge in [0.2, 0.25) is 5.95 Å². The quantitative estimate of drug-likeness (QED) is 0.498. The van der Waals surface area contributed by atoms with Gasteiger partial charge >= 0.3 is 0 Å². The van der Waals surface area contributed by atoms with Crippen molar-refractivity contribution in [2.75, 3.05) is 10.6 Å². The number of hydrogen-bond acceptors (Lipinski definition) is 6. The first kappa shape index (κ1) is 15.9. The summed E-state index contributed by atoms with van der Waals surface area (Å²) in [6.45, 7) is 1.44. The first-order valence-electron chi connectivity index (χ1n) is 6.66. The third-order valence-corrected chi connectivity index (χ3v) is 2.80. The van der Waals surface area contributed by atoms with E-state index in [4.69, 9.17) is 5.26 Å². The molecule has 0 spiro atoms.